The minimum absolute atomic E-state index is 0.332. The van der Waals surface area contributed by atoms with Crippen LogP contribution in [0.2, 0.25) is 0 Å². The molecule has 1 heterocycles. The average molecular weight is 312 g/mol. The lowest BCUT2D eigenvalue weighted by Crippen LogP contribution is -2.37. The molecule has 0 amide bonds. The van der Waals surface area contributed by atoms with Crippen LogP contribution in [0.1, 0.15) is 59.3 Å². The van der Waals surface area contributed by atoms with E-state index in [1.54, 1.807) is 0 Å². The second-order valence-electron chi connectivity index (χ2n) is 7.38. The molecule has 4 nitrogen and oxygen atoms in total. The van der Waals surface area contributed by atoms with Gasteiger partial charge in [-0.2, -0.15) is 0 Å². The van der Waals surface area contributed by atoms with E-state index in [9.17, 15) is 5.11 Å². The fourth-order valence-corrected chi connectivity index (χ4v) is 3.12. The minimum atomic E-state index is 0.332. The van der Waals surface area contributed by atoms with Crippen LogP contribution >= 0.6 is 0 Å². The van der Waals surface area contributed by atoms with Gasteiger partial charge in [-0.25, -0.2) is 0 Å². The van der Waals surface area contributed by atoms with E-state index >= 15 is 0 Å². The van der Waals surface area contributed by atoms with Crippen molar-refractivity contribution in [2.24, 2.45) is 17.8 Å². The number of amidine groups is 1. The number of piperidine rings is 1. The number of hydrogen-bond acceptors (Lipinski definition) is 3. The van der Waals surface area contributed by atoms with Crippen LogP contribution in [0.25, 0.3) is 0 Å². The zero-order valence-electron chi connectivity index (χ0n) is 14.9. The molecule has 4 heteroatoms. The number of rotatable bonds is 10. The van der Waals surface area contributed by atoms with Crippen LogP contribution in [0, 0.1) is 23.2 Å². The average Bonchev–Trinajstić information content (AvgIpc) is 2.52. The van der Waals surface area contributed by atoms with Gasteiger partial charge in [0.1, 0.15) is 0 Å². The maximum absolute atomic E-state index is 9.23. The Bertz CT molecular complexity index is 299. The number of likely N-dealkylation sites (tertiary alicyclic amines) is 1. The van der Waals surface area contributed by atoms with Gasteiger partial charge < -0.3 is 15.3 Å². The quantitative estimate of drug-likeness (QED) is 0.330. The zero-order valence-corrected chi connectivity index (χ0v) is 14.9. The summed E-state index contributed by atoms with van der Waals surface area (Å²) in [6.45, 7) is 11.4. The van der Waals surface area contributed by atoms with Crippen LogP contribution in [-0.4, -0.2) is 48.6 Å². The van der Waals surface area contributed by atoms with Crippen molar-refractivity contribution in [1.82, 2.24) is 10.2 Å². The topological polar surface area (TPSA) is 59.4 Å². The summed E-state index contributed by atoms with van der Waals surface area (Å²) in [7, 11) is 0. The maximum Gasteiger partial charge on any atom is 0.0931 e. The van der Waals surface area contributed by atoms with Gasteiger partial charge in [-0.15, -0.1) is 0 Å². The predicted molar refractivity (Wildman–Crippen MR) is 94.4 cm³/mol. The van der Waals surface area contributed by atoms with Crippen LogP contribution < -0.4 is 5.32 Å². The van der Waals surface area contributed by atoms with Gasteiger partial charge in [-0.3, -0.25) is 5.41 Å². The first-order chi connectivity index (χ1) is 10.5. The lowest BCUT2D eigenvalue weighted by molar-refractivity contribution is 0.115. The second kappa shape index (κ2) is 11.0. The summed E-state index contributed by atoms with van der Waals surface area (Å²) in [5.74, 6) is 2.55. The van der Waals surface area contributed by atoms with Crippen molar-refractivity contribution >= 4 is 5.84 Å². The third-order valence-corrected chi connectivity index (χ3v) is 4.94. The van der Waals surface area contributed by atoms with E-state index in [1.165, 1.54) is 38.9 Å². The molecule has 130 valence electrons. The molecule has 1 atom stereocenters. The van der Waals surface area contributed by atoms with Gasteiger partial charge in [0.2, 0.25) is 0 Å². The molecule has 1 rings (SSSR count). The molecule has 22 heavy (non-hydrogen) atoms. The highest BCUT2D eigenvalue weighted by Gasteiger charge is 2.22. The Kier molecular flexibility index (Phi) is 9.73. The third-order valence-electron chi connectivity index (χ3n) is 4.94. The molecule has 0 aromatic rings. The zero-order chi connectivity index (χ0) is 16.4. The van der Waals surface area contributed by atoms with E-state index in [0.717, 1.165) is 25.8 Å². The normalized spacial score (nSPS) is 18.6. The van der Waals surface area contributed by atoms with E-state index in [1.807, 2.05) is 0 Å². The van der Waals surface area contributed by atoms with Crippen molar-refractivity contribution in [1.29, 1.82) is 5.41 Å². The molecule has 0 saturated carbocycles. The summed E-state index contributed by atoms with van der Waals surface area (Å²) in [6, 6.07) is 0. The Morgan fingerprint density at radius 1 is 1.23 bits per heavy atom. The molecule has 1 fully saturated rings. The summed E-state index contributed by atoms with van der Waals surface area (Å²) >= 11 is 0. The predicted octanol–water partition coefficient (Wildman–Crippen LogP) is 3.11. The number of unbranched alkanes of at least 4 members (excludes halogenated alkanes) is 1. The number of aliphatic hydroxyl groups excluding tert-OH is 1. The van der Waals surface area contributed by atoms with Crippen LogP contribution in [0.3, 0.4) is 0 Å². The van der Waals surface area contributed by atoms with E-state index in [2.05, 4.69) is 31.0 Å². The molecule has 0 spiro atoms. The standard InChI is InChI=1S/C18H37N3O/c1-15(2)6-7-18(19)20-10-4-5-11-21-12-8-17(9-13-21)16(3)14-22/h15-17,22H,4-14H2,1-3H3,(H2,19,20). The van der Waals surface area contributed by atoms with Crippen molar-refractivity contribution in [3.8, 4) is 0 Å². The Hall–Kier alpha value is -0.610. The molecule has 1 aliphatic rings. The van der Waals surface area contributed by atoms with Gasteiger partial charge in [-0.1, -0.05) is 20.8 Å². The second-order valence-corrected chi connectivity index (χ2v) is 7.38. The van der Waals surface area contributed by atoms with Crippen molar-refractivity contribution < 1.29 is 5.11 Å². The van der Waals surface area contributed by atoms with Crippen molar-refractivity contribution in [2.45, 2.75) is 59.3 Å². The van der Waals surface area contributed by atoms with E-state index in [0.29, 0.717) is 30.2 Å². The number of nitrogens with one attached hydrogen (secondary N) is 2. The summed E-state index contributed by atoms with van der Waals surface area (Å²) in [5, 5.41) is 20.3. The summed E-state index contributed by atoms with van der Waals surface area (Å²) in [4.78, 5) is 2.56. The largest absolute Gasteiger partial charge is 0.396 e. The van der Waals surface area contributed by atoms with E-state index in [-0.39, 0.29) is 0 Å². The first kappa shape index (κ1) is 19.4. The van der Waals surface area contributed by atoms with Crippen molar-refractivity contribution in [3.05, 3.63) is 0 Å². The molecule has 0 aromatic carbocycles. The molecule has 0 aromatic heterocycles. The fraction of sp³-hybridized carbons (Fsp3) is 0.944. The highest BCUT2D eigenvalue weighted by atomic mass is 16.3. The molecule has 3 N–H and O–H groups in total. The van der Waals surface area contributed by atoms with Gasteiger partial charge >= 0.3 is 0 Å². The first-order valence-electron chi connectivity index (χ1n) is 9.17. The van der Waals surface area contributed by atoms with Crippen LogP contribution in [0.4, 0.5) is 0 Å². The lowest BCUT2D eigenvalue weighted by Gasteiger charge is -2.34. The van der Waals surface area contributed by atoms with E-state index in [4.69, 9.17) is 5.41 Å². The van der Waals surface area contributed by atoms with Gasteiger partial charge in [0.05, 0.1) is 5.84 Å². The highest BCUT2D eigenvalue weighted by Crippen LogP contribution is 2.24. The molecular weight excluding hydrogens is 274 g/mol. The van der Waals surface area contributed by atoms with Crippen LogP contribution in [0.15, 0.2) is 0 Å². The molecule has 0 aliphatic carbocycles. The van der Waals surface area contributed by atoms with Gasteiger partial charge in [0.15, 0.2) is 0 Å². The lowest BCUT2D eigenvalue weighted by atomic mass is 9.86. The molecule has 1 unspecified atom stereocenters. The minimum Gasteiger partial charge on any atom is -0.396 e. The molecule has 1 aliphatic heterocycles. The SMILES string of the molecule is CC(C)CCC(=N)NCCCCN1CCC(C(C)CO)CC1. The van der Waals surface area contributed by atoms with Gasteiger partial charge in [0, 0.05) is 19.6 Å². The van der Waals surface area contributed by atoms with E-state index < -0.39 is 0 Å². The Morgan fingerprint density at radius 3 is 2.50 bits per heavy atom. The summed E-state index contributed by atoms with van der Waals surface area (Å²) in [5.41, 5.74) is 0. The Balaban J connectivity index is 1.99. The molecule has 0 radical (unpaired) electrons. The van der Waals surface area contributed by atoms with Gasteiger partial charge in [-0.05, 0) is 69.5 Å². The Labute approximate surface area is 137 Å². The van der Waals surface area contributed by atoms with Crippen LogP contribution in [0.5, 0.6) is 0 Å². The third kappa shape index (κ3) is 8.14. The van der Waals surface area contributed by atoms with Crippen molar-refractivity contribution in [3.63, 3.8) is 0 Å². The molecular formula is C18H37N3O. The number of aliphatic hydroxyl groups is 1. The monoisotopic (exact) mass is 311 g/mol. The summed E-state index contributed by atoms with van der Waals surface area (Å²) < 4.78 is 0. The molecule has 1 saturated heterocycles. The van der Waals surface area contributed by atoms with Crippen molar-refractivity contribution in [2.75, 3.05) is 32.8 Å². The number of nitrogens with zero attached hydrogens (tertiary/aromatic N) is 1. The number of hydrogen-bond donors (Lipinski definition) is 3. The first-order valence-corrected chi connectivity index (χ1v) is 9.17. The molecule has 0 bridgehead atoms. The Morgan fingerprint density at radius 2 is 1.91 bits per heavy atom. The smallest absolute Gasteiger partial charge is 0.0931 e. The highest BCUT2D eigenvalue weighted by molar-refractivity contribution is 5.78. The summed E-state index contributed by atoms with van der Waals surface area (Å²) in [6.07, 6.45) is 6.82. The van der Waals surface area contributed by atoms with Gasteiger partial charge in [0.25, 0.3) is 0 Å². The fourth-order valence-electron chi connectivity index (χ4n) is 3.12. The van der Waals surface area contributed by atoms with Crippen LogP contribution in [-0.2, 0) is 0 Å². The maximum atomic E-state index is 9.23.